The van der Waals surface area contributed by atoms with E-state index in [1.54, 1.807) is 0 Å². The Labute approximate surface area is 357 Å². The van der Waals surface area contributed by atoms with Crippen LogP contribution in [-0.2, 0) is 5.41 Å². The number of fused-ring (bicyclic) bond motifs is 2. The number of aromatic nitrogens is 5. The first-order chi connectivity index (χ1) is 30.1. The van der Waals surface area contributed by atoms with Crippen LogP contribution in [0.25, 0.3) is 90.3 Å². The molecule has 0 radical (unpaired) electrons. The molecule has 0 amide bonds. The molecule has 2 fully saturated rings. The van der Waals surface area contributed by atoms with E-state index in [4.69, 9.17) is 24.9 Å². The van der Waals surface area contributed by atoms with Crippen LogP contribution in [0.15, 0.2) is 194 Å². The van der Waals surface area contributed by atoms with E-state index >= 15 is 0 Å². The summed E-state index contributed by atoms with van der Waals surface area (Å²) in [6.45, 7) is 0. The van der Waals surface area contributed by atoms with Crippen LogP contribution in [0, 0.1) is 5.92 Å². The van der Waals surface area contributed by atoms with Gasteiger partial charge in [-0.15, -0.1) is 0 Å². The summed E-state index contributed by atoms with van der Waals surface area (Å²) in [5.74, 6) is 3.50. The van der Waals surface area contributed by atoms with Gasteiger partial charge in [0, 0.05) is 33.4 Å². The Morgan fingerprint density at radius 1 is 0.311 bits per heavy atom. The minimum atomic E-state index is 0.372. The molecule has 2 bridgehead atoms. The summed E-state index contributed by atoms with van der Waals surface area (Å²) in [6, 6.07) is 67.7. The molecular weight excluding hydrogens is 743 g/mol. The van der Waals surface area contributed by atoms with Gasteiger partial charge < -0.3 is 0 Å². The molecule has 2 saturated carbocycles. The van der Waals surface area contributed by atoms with Crippen LogP contribution in [0.3, 0.4) is 0 Å². The van der Waals surface area contributed by atoms with Crippen LogP contribution in [0.5, 0.6) is 0 Å². The molecule has 2 heterocycles. The standard InChI is InChI=1S/C56H43N5/c1-4-13-39(14-5-1)43-19-11-23-47(34-43)54-59-53(42-17-8-3-9-18-42)60-55(61-54)48-24-12-21-45(35-48)44-20-10-22-46(33-44)51-36-50(57-52(58-51)41-15-6-2-7-16-41)40-25-27-49(28-26-40)56-31-29-38(37-56)30-32-56/h1-28,33-36,38H,29-32,37H2. The quantitative estimate of drug-likeness (QED) is 0.146. The van der Waals surface area contributed by atoms with E-state index in [2.05, 4.69) is 140 Å². The van der Waals surface area contributed by atoms with Gasteiger partial charge in [0.25, 0.3) is 0 Å². The molecule has 9 aromatic rings. The minimum absolute atomic E-state index is 0.372. The zero-order valence-electron chi connectivity index (χ0n) is 33.8. The van der Waals surface area contributed by atoms with Crippen molar-refractivity contribution in [2.75, 3.05) is 0 Å². The molecule has 7 aromatic carbocycles. The highest BCUT2D eigenvalue weighted by atomic mass is 15.0. The van der Waals surface area contributed by atoms with Crippen molar-refractivity contribution in [2.45, 2.75) is 37.5 Å². The molecule has 292 valence electrons. The number of hydrogen-bond donors (Lipinski definition) is 0. The van der Waals surface area contributed by atoms with Gasteiger partial charge in [-0.25, -0.2) is 24.9 Å². The summed E-state index contributed by atoms with van der Waals surface area (Å²) >= 11 is 0. The average molecular weight is 786 g/mol. The molecule has 0 aliphatic heterocycles. The smallest absolute Gasteiger partial charge is 0.164 e. The van der Waals surface area contributed by atoms with E-state index in [1.165, 1.54) is 37.7 Å². The maximum absolute atomic E-state index is 5.17. The average Bonchev–Trinajstić information content (AvgIpc) is 3.98. The van der Waals surface area contributed by atoms with Crippen molar-refractivity contribution in [3.63, 3.8) is 0 Å². The molecule has 0 atom stereocenters. The summed E-state index contributed by atoms with van der Waals surface area (Å²) in [7, 11) is 0. The minimum Gasteiger partial charge on any atom is -0.228 e. The number of nitrogens with zero attached hydrogens (tertiary/aromatic N) is 5. The summed E-state index contributed by atoms with van der Waals surface area (Å²) in [6.07, 6.45) is 6.73. The lowest BCUT2D eigenvalue weighted by molar-refractivity contribution is 0.419. The van der Waals surface area contributed by atoms with E-state index in [0.717, 1.165) is 72.9 Å². The van der Waals surface area contributed by atoms with Crippen LogP contribution in [0.4, 0.5) is 0 Å². The molecule has 0 spiro atoms. The topological polar surface area (TPSA) is 64.5 Å². The zero-order valence-corrected chi connectivity index (χ0v) is 33.8. The van der Waals surface area contributed by atoms with E-state index in [0.29, 0.717) is 28.7 Å². The molecule has 5 nitrogen and oxygen atoms in total. The molecular formula is C56H43N5. The Bertz CT molecular complexity index is 2990. The lowest BCUT2D eigenvalue weighted by Crippen LogP contribution is -2.19. The third-order valence-electron chi connectivity index (χ3n) is 12.8. The number of rotatable bonds is 9. The first kappa shape index (κ1) is 36.7. The van der Waals surface area contributed by atoms with E-state index in [1.807, 2.05) is 54.6 Å². The fraction of sp³-hybridized carbons (Fsp3) is 0.125. The van der Waals surface area contributed by atoms with Crippen molar-refractivity contribution >= 4 is 0 Å². The highest BCUT2D eigenvalue weighted by Gasteiger charge is 2.45. The second-order valence-corrected chi connectivity index (χ2v) is 16.6. The molecule has 61 heavy (non-hydrogen) atoms. The highest BCUT2D eigenvalue weighted by Crippen LogP contribution is 2.55. The van der Waals surface area contributed by atoms with Crippen LogP contribution in [-0.4, -0.2) is 24.9 Å². The van der Waals surface area contributed by atoms with E-state index in [9.17, 15) is 0 Å². The number of benzene rings is 7. The van der Waals surface area contributed by atoms with Gasteiger partial charge in [-0.2, -0.15) is 0 Å². The van der Waals surface area contributed by atoms with Gasteiger partial charge in [-0.1, -0.05) is 170 Å². The summed E-state index contributed by atoms with van der Waals surface area (Å²) in [5.41, 5.74) is 14.0. The zero-order chi connectivity index (χ0) is 40.6. The molecule has 11 rings (SSSR count). The van der Waals surface area contributed by atoms with Crippen LogP contribution < -0.4 is 0 Å². The maximum Gasteiger partial charge on any atom is 0.164 e. The molecule has 0 unspecified atom stereocenters. The fourth-order valence-corrected chi connectivity index (χ4v) is 9.57. The Hall–Kier alpha value is -7.37. The van der Waals surface area contributed by atoms with Gasteiger partial charge in [0.15, 0.2) is 23.3 Å². The molecule has 0 N–H and O–H groups in total. The fourth-order valence-electron chi connectivity index (χ4n) is 9.57. The van der Waals surface area contributed by atoms with Gasteiger partial charge in [0.1, 0.15) is 0 Å². The van der Waals surface area contributed by atoms with Crippen molar-refractivity contribution < 1.29 is 0 Å². The highest BCUT2D eigenvalue weighted by molar-refractivity contribution is 5.78. The SMILES string of the molecule is c1ccc(-c2cccc(-c3nc(-c4ccccc4)nc(-c4cccc(-c5cccc(-c6cc(-c7ccc(C89CCC(CC8)C9)cc7)nc(-c7ccccc7)n6)c5)c4)n3)c2)cc1. The predicted molar refractivity (Wildman–Crippen MR) is 247 cm³/mol. The Kier molecular flexibility index (Phi) is 9.42. The van der Waals surface area contributed by atoms with Gasteiger partial charge in [-0.05, 0) is 95.5 Å². The van der Waals surface area contributed by atoms with Crippen LogP contribution in [0.2, 0.25) is 0 Å². The van der Waals surface area contributed by atoms with Crippen LogP contribution in [0.1, 0.15) is 37.7 Å². The van der Waals surface area contributed by atoms with E-state index in [-0.39, 0.29) is 0 Å². The van der Waals surface area contributed by atoms with Gasteiger partial charge in [0.05, 0.1) is 11.4 Å². The van der Waals surface area contributed by atoms with Crippen molar-refractivity contribution in [3.05, 3.63) is 200 Å². The first-order valence-corrected chi connectivity index (χ1v) is 21.4. The van der Waals surface area contributed by atoms with Gasteiger partial charge in [-0.3, -0.25) is 0 Å². The first-order valence-electron chi connectivity index (χ1n) is 21.4. The lowest BCUT2D eigenvalue weighted by Gasteiger charge is -2.27. The monoisotopic (exact) mass is 785 g/mol. The van der Waals surface area contributed by atoms with Crippen molar-refractivity contribution in [3.8, 4) is 90.3 Å². The third kappa shape index (κ3) is 7.33. The Morgan fingerprint density at radius 3 is 1.21 bits per heavy atom. The van der Waals surface area contributed by atoms with Gasteiger partial charge >= 0.3 is 0 Å². The summed E-state index contributed by atoms with van der Waals surface area (Å²) in [5, 5.41) is 0. The number of hydrogen-bond acceptors (Lipinski definition) is 5. The van der Waals surface area contributed by atoms with Crippen molar-refractivity contribution in [1.29, 1.82) is 0 Å². The molecule has 2 aliphatic carbocycles. The van der Waals surface area contributed by atoms with Crippen molar-refractivity contribution in [1.82, 2.24) is 24.9 Å². The second-order valence-electron chi connectivity index (χ2n) is 16.6. The normalized spacial score (nSPS) is 16.8. The Balaban J connectivity index is 0.962. The van der Waals surface area contributed by atoms with Gasteiger partial charge in [0.2, 0.25) is 0 Å². The third-order valence-corrected chi connectivity index (χ3v) is 12.8. The summed E-state index contributed by atoms with van der Waals surface area (Å²) < 4.78 is 0. The Morgan fingerprint density at radius 2 is 0.705 bits per heavy atom. The maximum atomic E-state index is 5.17. The van der Waals surface area contributed by atoms with Crippen LogP contribution >= 0.6 is 0 Å². The lowest BCUT2D eigenvalue weighted by atomic mass is 9.77. The predicted octanol–water partition coefficient (Wildman–Crippen LogP) is 13.8. The molecule has 2 aliphatic rings. The molecule has 5 heteroatoms. The molecule has 2 aromatic heterocycles. The molecule has 0 saturated heterocycles. The van der Waals surface area contributed by atoms with Crippen molar-refractivity contribution in [2.24, 2.45) is 5.92 Å². The van der Waals surface area contributed by atoms with E-state index < -0.39 is 0 Å². The largest absolute Gasteiger partial charge is 0.228 e. The summed E-state index contributed by atoms with van der Waals surface area (Å²) in [4.78, 5) is 25.5. The second kappa shape index (κ2) is 15.7.